The summed E-state index contributed by atoms with van der Waals surface area (Å²) in [6.45, 7) is -0.450. The van der Waals surface area contributed by atoms with Crippen molar-refractivity contribution < 1.29 is 53.4 Å². The normalized spacial score (nSPS) is 18.9. The molecule has 2 aromatic rings. The topological polar surface area (TPSA) is 419 Å². The minimum atomic E-state index is -1.59. The van der Waals surface area contributed by atoms with Crippen molar-refractivity contribution in [3.8, 4) is 0 Å². The van der Waals surface area contributed by atoms with Gasteiger partial charge in [0.25, 0.3) is 0 Å². The van der Waals surface area contributed by atoms with E-state index in [0.717, 1.165) is 3.57 Å². The van der Waals surface area contributed by atoms with E-state index in [1.54, 1.807) is 54.6 Å². The van der Waals surface area contributed by atoms with Crippen LogP contribution in [0.4, 0.5) is 0 Å². The van der Waals surface area contributed by atoms with Gasteiger partial charge in [0.15, 0.2) is 11.9 Å². The lowest BCUT2D eigenvalue weighted by atomic mass is 10.0. The summed E-state index contributed by atoms with van der Waals surface area (Å²) in [5, 5.41) is 33.4. The summed E-state index contributed by atoms with van der Waals surface area (Å²) >= 11 is 2.11. The molecule has 3 saturated heterocycles. The lowest BCUT2D eigenvalue weighted by molar-refractivity contribution is -0.147. The van der Waals surface area contributed by atoms with Crippen molar-refractivity contribution in [2.45, 2.75) is 125 Å². The molecule has 27 heteroatoms. The molecular weight excluding hydrogens is 1110 g/mol. The SMILES string of the molecule is NC(N)=NCCC[C@H](NC(=O)[C@H](Cc1ccccc1)NC(=O)[C@@H]1CCCN1C(=O)[C@H](CO)NC(=O)[C@H](Cc1ccc(I)cc1)NC(=O)CNC(=O)[C@@H]1CCCN1C(=O)[C@@H]1CCCN1C(=O)[C@@H](N)CCCN=C(N)N)C(=O)O. The van der Waals surface area contributed by atoms with Crippen LogP contribution in [0.15, 0.2) is 64.6 Å². The molecule has 0 aromatic heterocycles. The van der Waals surface area contributed by atoms with E-state index in [0.29, 0.717) is 69.2 Å². The fraction of sp³-hybridized carbons (Fsp3) is 0.540. The molecule has 2 aromatic carbocycles. The number of aliphatic imine (C=N–C) groups is 2. The van der Waals surface area contributed by atoms with Crippen LogP contribution in [-0.4, -0.2) is 184 Å². The number of benzene rings is 2. The molecule has 420 valence electrons. The number of hydrogen-bond acceptors (Lipinski definition) is 13. The maximum absolute atomic E-state index is 14.2. The zero-order chi connectivity index (χ0) is 56.2. The molecule has 0 aliphatic carbocycles. The number of aliphatic hydroxyl groups excluding tert-OH is 1. The molecule has 26 nitrogen and oxygen atoms in total. The minimum Gasteiger partial charge on any atom is -0.480 e. The predicted molar refractivity (Wildman–Crippen MR) is 290 cm³/mol. The van der Waals surface area contributed by atoms with Crippen LogP contribution in [0.25, 0.3) is 0 Å². The number of amides is 8. The fourth-order valence-electron chi connectivity index (χ4n) is 9.55. The maximum Gasteiger partial charge on any atom is 0.326 e. The quantitative estimate of drug-likeness (QED) is 0.0180. The first kappa shape index (κ1) is 60.7. The number of carboxylic acids is 1. The van der Waals surface area contributed by atoms with Gasteiger partial charge in [-0.25, -0.2) is 4.79 Å². The number of halogens is 1. The number of rotatable bonds is 27. The first-order valence-electron chi connectivity index (χ1n) is 25.7. The molecule has 0 radical (unpaired) electrons. The van der Waals surface area contributed by atoms with Crippen LogP contribution in [0.1, 0.15) is 75.3 Å². The molecule has 0 bridgehead atoms. The lowest BCUT2D eigenvalue weighted by Gasteiger charge is -2.32. The molecule has 3 aliphatic rings. The van der Waals surface area contributed by atoms with Crippen molar-refractivity contribution in [1.82, 2.24) is 41.3 Å². The van der Waals surface area contributed by atoms with E-state index in [1.165, 1.54) is 14.7 Å². The highest BCUT2D eigenvalue weighted by atomic mass is 127. The second-order valence-electron chi connectivity index (χ2n) is 19.1. The highest BCUT2D eigenvalue weighted by molar-refractivity contribution is 14.1. The Hall–Kier alpha value is -7.14. The molecule has 3 heterocycles. The fourth-order valence-corrected chi connectivity index (χ4v) is 9.91. The van der Waals surface area contributed by atoms with Gasteiger partial charge < -0.3 is 80.2 Å². The number of aliphatic carboxylic acids is 1. The number of nitrogens with one attached hydrogen (secondary N) is 5. The predicted octanol–water partition coefficient (Wildman–Crippen LogP) is -3.38. The average molecular weight is 1190 g/mol. The summed E-state index contributed by atoms with van der Waals surface area (Å²) < 4.78 is 0.896. The summed E-state index contributed by atoms with van der Waals surface area (Å²) in [5.41, 5.74) is 29.0. The van der Waals surface area contributed by atoms with Gasteiger partial charge in [-0.15, -0.1) is 0 Å². The number of nitrogens with zero attached hydrogens (tertiary/aromatic N) is 5. The van der Waals surface area contributed by atoms with E-state index in [-0.39, 0.29) is 69.6 Å². The summed E-state index contributed by atoms with van der Waals surface area (Å²) in [5.74, 6) is -6.93. The van der Waals surface area contributed by atoms with Gasteiger partial charge in [-0.1, -0.05) is 42.5 Å². The molecule has 17 N–H and O–H groups in total. The van der Waals surface area contributed by atoms with E-state index in [9.17, 15) is 53.4 Å². The Morgan fingerprint density at radius 1 is 0.610 bits per heavy atom. The first-order chi connectivity index (χ1) is 36.8. The zero-order valence-electron chi connectivity index (χ0n) is 42.8. The second-order valence-corrected chi connectivity index (χ2v) is 20.4. The van der Waals surface area contributed by atoms with E-state index in [1.807, 2.05) is 0 Å². The molecule has 0 unspecified atom stereocenters. The summed E-state index contributed by atoms with van der Waals surface area (Å²) in [6, 6.07) is 6.43. The second kappa shape index (κ2) is 30.0. The highest BCUT2D eigenvalue weighted by Gasteiger charge is 2.44. The number of carbonyl (C=O) groups excluding carboxylic acids is 8. The molecular formula is C50H72IN15O11. The van der Waals surface area contributed by atoms with Gasteiger partial charge in [0.05, 0.1) is 19.2 Å². The summed E-state index contributed by atoms with van der Waals surface area (Å²) in [4.78, 5) is 135. The number of guanidine groups is 2. The summed E-state index contributed by atoms with van der Waals surface area (Å²) in [7, 11) is 0. The van der Waals surface area contributed by atoms with Gasteiger partial charge in [0.2, 0.25) is 47.3 Å². The van der Waals surface area contributed by atoms with Crippen LogP contribution in [0.5, 0.6) is 0 Å². The molecule has 5 rings (SSSR count). The zero-order valence-corrected chi connectivity index (χ0v) is 45.0. The Morgan fingerprint density at radius 2 is 1.12 bits per heavy atom. The van der Waals surface area contributed by atoms with Crippen molar-refractivity contribution in [2.24, 2.45) is 38.7 Å². The average Bonchev–Trinajstić information content (AvgIpc) is 4.22. The smallest absolute Gasteiger partial charge is 0.326 e. The van der Waals surface area contributed by atoms with E-state index in [4.69, 9.17) is 28.7 Å². The number of aliphatic hydroxyl groups is 1. The van der Waals surface area contributed by atoms with E-state index in [2.05, 4.69) is 59.2 Å². The van der Waals surface area contributed by atoms with Crippen LogP contribution in [-0.2, 0) is 56.0 Å². The third-order valence-corrected chi connectivity index (χ3v) is 14.2. The van der Waals surface area contributed by atoms with E-state index >= 15 is 0 Å². The number of carboxylic acid groups (broad SMARTS) is 1. The molecule has 3 fully saturated rings. The third-order valence-electron chi connectivity index (χ3n) is 13.5. The van der Waals surface area contributed by atoms with Gasteiger partial charge in [0, 0.05) is 49.1 Å². The molecule has 3 aliphatic heterocycles. The number of nitrogens with two attached hydrogens (primary N) is 5. The Bertz CT molecular complexity index is 2460. The molecule has 8 atom stereocenters. The van der Waals surface area contributed by atoms with Crippen LogP contribution in [0.2, 0.25) is 0 Å². The molecule has 8 amide bonds. The largest absolute Gasteiger partial charge is 0.480 e. The van der Waals surface area contributed by atoms with Crippen molar-refractivity contribution in [1.29, 1.82) is 0 Å². The van der Waals surface area contributed by atoms with Gasteiger partial charge in [0.1, 0.15) is 42.3 Å². The van der Waals surface area contributed by atoms with Crippen molar-refractivity contribution >= 4 is 87.7 Å². The van der Waals surface area contributed by atoms with Gasteiger partial charge >= 0.3 is 5.97 Å². The number of likely N-dealkylation sites (tertiary alicyclic amines) is 3. The number of hydrogen-bond donors (Lipinski definition) is 12. The van der Waals surface area contributed by atoms with E-state index < -0.39 is 109 Å². The lowest BCUT2D eigenvalue weighted by Crippen LogP contribution is -2.60. The van der Waals surface area contributed by atoms with Gasteiger partial charge in [-0.3, -0.25) is 48.3 Å². The Morgan fingerprint density at radius 3 is 1.69 bits per heavy atom. The number of carbonyl (C=O) groups is 9. The molecule has 0 spiro atoms. The van der Waals surface area contributed by atoms with Gasteiger partial charge in [-0.05, 0) is 110 Å². The van der Waals surface area contributed by atoms with Crippen molar-refractivity contribution in [3.05, 3.63) is 69.3 Å². The summed E-state index contributed by atoms with van der Waals surface area (Å²) in [6.07, 6.45) is 3.11. The Labute approximate surface area is 459 Å². The molecule has 77 heavy (non-hydrogen) atoms. The van der Waals surface area contributed by atoms with Crippen LogP contribution in [0, 0.1) is 3.57 Å². The van der Waals surface area contributed by atoms with Gasteiger partial charge in [-0.2, -0.15) is 0 Å². The standard InChI is InChI=1S/C50H72IN15O11/c51-31-18-16-30(17-19-31)26-34(60-40(68)27-59-43(71)37-13-6-23-65(37)47(75)39-15-8-24-66(39)45(73)32(52)11-4-20-57-49(53)54)41(69)63-36(28-67)46(74)64-22-7-14-38(64)44(72)62-35(25-29-9-2-1-3-10-29)42(70)61-33(48(76)77)12-5-21-58-50(55)56/h1-3,9-10,16-19,32-39,67H,4-8,11-15,20-28,52H2,(H,59,71)(H,60,68)(H,61,70)(H,62,72)(H,63,69)(H,76,77)(H4,53,54,57)(H4,55,56,58)/t32-,33-,34-,35-,36-,37-,38-,39-/m0/s1. The Balaban J connectivity index is 1.22. The van der Waals surface area contributed by atoms with Crippen LogP contribution >= 0.6 is 22.6 Å². The Kier molecular flexibility index (Phi) is 23.6. The molecule has 0 saturated carbocycles. The van der Waals surface area contributed by atoms with Crippen molar-refractivity contribution in [2.75, 3.05) is 45.9 Å². The maximum atomic E-state index is 14.2. The monoisotopic (exact) mass is 1190 g/mol. The highest BCUT2D eigenvalue weighted by Crippen LogP contribution is 2.26. The van der Waals surface area contributed by atoms with Crippen molar-refractivity contribution in [3.63, 3.8) is 0 Å². The first-order valence-corrected chi connectivity index (χ1v) is 26.7. The third kappa shape index (κ3) is 18.3. The van der Waals surface area contributed by atoms with Crippen LogP contribution < -0.4 is 55.3 Å². The van der Waals surface area contributed by atoms with Crippen LogP contribution in [0.3, 0.4) is 0 Å². The minimum absolute atomic E-state index is 0.0215.